The van der Waals surface area contributed by atoms with Crippen molar-refractivity contribution in [2.45, 2.75) is 31.2 Å². The van der Waals surface area contributed by atoms with Gasteiger partial charge in [-0.3, -0.25) is 0 Å². The molecule has 76 valence electrons. The van der Waals surface area contributed by atoms with Gasteiger partial charge in [0, 0.05) is 6.54 Å². The molecule has 1 unspecified atom stereocenters. The summed E-state index contributed by atoms with van der Waals surface area (Å²) >= 11 is 2.07. The number of nitrogens with one attached hydrogen (secondary N) is 1. The third-order valence-corrected chi connectivity index (χ3v) is 3.89. The van der Waals surface area contributed by atoms with Crippen LogP contribution in [0.4, 0.5) is 0 Å². The molecule has 0 amide bonds. The summed E-state index contributed by atoms with van der Waals surface area (Å²) in [4.78, 5) is 0. The lowest BCUT2D eigenvalue weighted by Crippen LogP contribution is -2.27. The molecular formula is C12H17NS. The zero-order valence-electron chi connectivity index (χ0n) is 8.41. The topological polar surface area (TPSA) is 12.0 Å². The average molecular weight is 207 g/mol. The van der Waals surface area contributed by atoms with E-state index in [4.69, 9.17) is 0 Å². The smallest absolute Gasteiger partial charge is 0.0534 e. The molecule has 1 heterocycles. The van der Waals surface area contributed by atoms with E-state index in [-0.39, 0.29) is 0 Å². The first-order valence-corrected chi connectivity index (χ1v) is 6.39. The van der Waals surface area contributed by atoms with Crippen LogP contribution < -0.4 is 5.32 Å². The Morgan fingerprint density at radius 3 is 2.79 bits per heavy atom. The van der Waals surface area contributed by atoms with Crippen molar-refractivity contribution < 1.29 is 0 Å². The van der Waals surface area contributed by atoms with Crippen LogP contribution in [0.3, 0.4) is 0 Å². The highest BCUT2D eigenvalue weighted by atomic mass is 32.2. The van der Waals surface area contributed by atoms with E-state index in [0.717, 1.165) is 6.54 Å². The van der Waals surface area contributed by atoms with Gasteiger partial charge in [-0.1, -0.05) is 36.8 Å². The lowest BCUT2D eigenvalue weighted by Gasteiger charge is -2.22. The molecule has 0 spiro atoms. The zero-order valence-corrected chi connectivity index (χ0v) is 9.22. The van der Waals surface area contributed by atoms with Gasteiger partial charge in [0.25, 0.3) is 0 Å². The summed E-state index contributed by atoms with van der Waals surface area (Å²) in [6.07, 6.45) is 4.12. The summed E-state index contributed by atoms with van der Waals surface area (Å²) in [5.41, 5.74) is 1.39. The predicted octanol–water partition coefficient (Wildman–Crippen LogP) is 3.02. The third-order valence-electron chi connectivity index (χ3n) is 2.56. The van der Waals surface area contributed by atoms with E-state index >= 15 is 0 Å². The van der Waals surface area contributed by atoms with Crippen LogP contribution in [-0.2, 0) is 6.54 Å². The van der Waals surface area contributed by atoms with Gasteiger partial charge in [0.05, 0.1) is 5.37 Å². The highest BCUT2D eigenvalue weighted by Gasteiger charge is 2.12. The van der Waals surface area contributed by atoms with E-state index in [9.17, 15) is 0 Å². The van der Waals surface area contributed by atoms with Crippen LogP contribution in [0.1, 0.15) is 24.8 Å². The van der Waals surface area contributed by atoms with Crippen molar-refractivity contribution in [1.82, 2.24) is 5.32 Å². The molecule has 1 aromatic rings. The van der Waals surface area contributed by atoms with Crippen LogP contribution in [-0.4, -0.2) is 11.1 Å². The lowest BCUT2D eigenvalue weighted by atomic mass is 10.2. The molecule has 14 heavy (non-hydrogen) atoms. The molecule has 2 rings (SSSR count). The Bertz CT molecular complexity index is 254. The summed E-state index contributed by atoms with van der Waals surface area (Å²) in [7, 11) is 0. The van der Waals surface area contributed by atoms with Gasteiger partial charge in [-0.2, -0.15) is 0 Å². The molecule has 2 heteroatoms. The van der Waals surface area contributed by atoms with Crippen molar-refractivity contribution in [1.29, 1.82) is 0 Å². The van der Waals surface area contributed by atoms with Crippen molar-refractivity contribution in [2.24, 2.45) is 0 Å². The maximum Gasteiger partial charge on any atom is 0.0534 e. The molecule has 1 fully saturated rings. The van der Waals surface area contributed by atoms with E-state index in [0.29, 0.717) is 5.37 Å². The van der Waals surface area contributed by atoms with E-state index in [1.54, 1.807) is 0 Å². The van der Waals surface area contributed by atoms with Crippen LogP contribution in [0.5, 0.6) is 0 Å². The fourth-order valence-electron chi connectivity index (χ4n) is 1.73. The Hall–Kier alpha value is -0.470. The maximum absolute atomic E-state index is 3.60. The van der Waals surface area contributed by atoms with Crippen molar-refractivity contribution in [2.75, 3.05) is 5.75 Å². The van der Waals surface area contributed by atoms with Gasteiger partial charge in [0.1, 0.15) is 0 Å². The summed E-state index contributed by atoms with van der Waals surface area (Å²) in [5.74, 6) is 1.33. The van der Waals surface area contributed by atoms with Crippen LogP contribution >= 0.6 is 11.8 Å². The first kappa shape index (κ1) is 10.1. The number of rotatable bonds is 3. The Balaban J connectivity index is 1.76. The SMILES string of the molecule is c1ccc(CNC2CCCCS2)cc1. The second kappa shape index (κ2) is 5.42. The molecule has 1 atom stereocenters. The largest absolute Gasteiger partial charge is 0.301 e. The van der Waals surface area contributed by atoms with Crippen LogP contribution in [0, 0.1) is 0 Å². The van der Waals surface area contributed by atoms with Crippen LogP contribution in [0.25, 0.3) is 0 Å². The zero-order chi connectivity index (χ0) is 9.64. The van der Waals surface area contributed by atoms with Crippen molar-refractivity contribution >= 4 is 11.8 Å². The van der Waals surface area contributed by atoms with Crippen molar-refractivity contribution in [3.05, 3.63) is 35.9 Å². The fourth-order valence-corrected chi connectivity index (χ4v) is 2.92. The first-order valence-electron chi connectivity index (χ1n) is 5.34. The van der Waals surface area contributed by atoms with Gasteiger partial charge < -0.3 is 5.32 Å². The molecule has 1 nitrogen and oxygen atoms in total. The second-order valence-electron chi connectivity index (χ2n) is 3.72. The summed E-state index contributed by atoms with van der Waals surface area (Å²) in [6.45, 7) is 1.01. The second-order valence-corrected chi connectivity index (χ2v) is 5.03. The predicted molar refractivity (Wildman–Crippen MR) is 63.4 cm³/mol. The van der Waals surface area contributed by atoms with Crippen LogP contribution in [0.2, 0.25) is 0 Å². The normalized spacial score (nSPS) is 22.1. The van der Waals surface area contributed by atoms with Crippen LogP contribution in [0.15, 0.2) is 30.3 Å². The minimum absolute atomic E-state index is 0.684. The van der Waals surface area contributed by atoms with Crippen molar-refractivity contribution in [3.63, 3.8) is 0 Å². The number of benzene rings is 1. The molecule has 1 N–H and O–H groups in total. The molecule has 0 saturated carbocycles. The molecule has 0 bridgehead atoms. The Labute approximate surface area is 90.3 Å². The molecule has 0 aromatic heterocycles. The van der Waals surface area contributed by atoms with E-state index in [1.165, 1.54) is 30.6 Å². The van der Waals surface area contributed by atoms with E-state index in [1.807, 2.05) is 0 Å². The summed E-state index contributed by atoms with van der Waals surface area (Å²) in [5, 5.41) is 4.29. The van der Waals surface area contributed by atoms with Gasteiger partial charge in [-0.15, -0.1) is 11.8 Å². The minimum atomic E-state index is 0.684. The average Bonchev–Trinajstić information content (AvgIpc) is 2.29. The van der Waals surface area contributed by atoms with Gasteiger partial charge in [0.15, 0.2) is 0 Å². The Kier molecular flexibility index (Phi) is 3.90. The third kappa shape index (κ3) is 3.03. The van der Waals surface area contributed by atoms with Crippen molar-refractivity contribution in [3.8, 4) is 0 Å². The molecule has 1 aromatic carbocycles. The van der Waals surface area contributed by atoms with Gasteiger partial charge >= 0.3 is 0 Å². The van der Waals surface area contributed by atoms with E-state index in [2.05, 4.69) is 47.4 Å². The summed E-state index contributed by atoms with van der Waals surface area (Å²) in [6, 6.07) is 10.6. The fraction of sp³-hybridized carbons (Fsp3) is 0.500. The minimum Gasteiger partial charge on any atom is -0.301 e. The number of hydrogen-bond donors (Lipinski definition) is 1. The number of hydrogen-bond acceptors (Lipinski definition) is 2. The standard InChI is InChI=1S/C12H17NS/c1-2-6-11(7-3-1)10-13-12-8-4-5-9-14-12/h1-3,6-7,12-13H,4-5,8-10H2. The van der Waals surface area contributed by atoms with Gasteiger partial charge in [-0.25, -0.2) is 0 Å². The Morgan fingerprint density at radius 2 is 2.07 bits per heavy atom. The molecule has 0 aliphatic carbocycles. The monoisotopic (exact) mass is 207 g/mol. The van der Waals surface area contributed by atoms with Gasteiger partial charge in [0.2, 0.25) is 0 Å². The summed E-state index contributed by atoms with van der Waals surface area (Å²) < 4.78 is 0. The van der Waals surface area contributed by atoms with Gasteiger partial charge in [-0.05, 0) is 24.2 Å². The highest BCUT2D eigenvalue weighted by Crippen LogP contribution is 2.23. The Morgan fingerprint density at radius 1 is 1.21 bits per heavy atom. The quantitative estimate of drug-likeness (QED) is 0.817. The molecule has 1 aliphatic heterocycles. The maximum atomic E-state index is 3.60. The van der Waals surface area contributed by atoms with E-state index < -0.39 is 0 Å². The molecular weight excluding hydrogens is 190 g/mol. The first-order chi connectivity index (χ1) is 6.95. The lowest BCUT2D eigenvalue weighted by molar-refractivity contribution is 0.566. The molecule has 1 aliphatic rings. The molecule has 0 radical (unpaired) electrons. The highest BCUT2D eigenvalue weighted by molar-refractivity contribution is 7.99. The molecule has 1 saturated heterocycles. The number of thioether (sulfide) groups is 1.